The number of benzene rings is 1. The molecule has 0 amide bonds. The van der Waals surface area contributed by atoms with Crippen LogP contribution < -0.4 is 10.1 Å². The van der Waals surface area contributed by atoms with E-state index in [2.05, 4.69) is 5.32 Å². The lowest BCUT2D eigenvalue weighted by molar-refractivity contribution is 0.143. The van der Waals surface area contributed by atoms with E-state index in [1.165, 1.54) is 6.07 Å². The van der Waals surface area contributed by atoms with Gasteiger partial charge in [0.1, 0.15) is 11.9 Å². The molecule has 0 aliphatic heterocycles. The molecule has 1 N–H and O–H groups in total. The van der Waals surface area contributed by atoms with Crippen LogP contribution >= 0.6 is 0 Å². The van der Waals surface area contributed by atoms with Crippen LogP contribution in [-0.2, 0) is 4.74 Å². The smallest absolute Gasteiger partial charge is 0.162 e. The lowest BCUT2D eigenvalue weighted by Crippen LogP contribution is -2.30. The lowest BCUT2D eigenvalue weighted by atomic mass is 10.3. The van der Waals surface area contributed by atoms with E-state index < -0.39 is 11.6 Å². The standard InChI is InChI=1S/C14H21F2NO2/c1-3-18-8-4-7-17-10-11(2)19-12-5-6-13(15)14(16)9-12/h5-6,9,11,17H,3-4,7-8,10H2,1-2H3. The second-order valence-corrected chi connectivity index (χ2v) is 4.26. The number of rotatable bonds is 9. The molecule has 0 heterocycles. The molecule has 0 bridgehead atoms. The zero-order chi connectivity index (χ0) is 14.1. The quantitative estimate of drug-likeness (QED) is 0.702. The highest BCUT2D eigenvalue weighted by Gasteiger charge is 2.07. The summed E-state index contributed by atoms with van der Waals surface area (Å²) in [4.78, 5) is 0. The van der Waals surface area contributed by atoms with Crippen LogP contribution in [-0.4, -0.2) is 32.4 Å². The van der Waals surface area contributed by atoms with Crippen LogP contribution in [0.4, 0.5) is 8.78 Å². The average Bonchev–Trinajstić information content (AvgIpc) is 2.38. The third-order valence-corrected chi connectivity index (χ3v) is 2.51. The molecule has 5 heteroatoms. The maximum absolute atomic E-state index is 13.0. The molecule has 3 nitrogen and oxygen atoms in total. The van der Waals surface area contributed by atoms with Crippen molar-refractivity contribution in [3.8, 4) is 5.75 Å². The Morgan fingerprint density at radius 3 is 2.74 bits per heavy atom. The van der Waals surface area contributed by atoms with Gasteiger partial charge in [0.25, 0.3) is 0 Å². The molecule has 0 aliphatic rings. The summed E-state index contributed by atoms with van der Waals surface area (Å²) in [6, 6.07) is 3.54. The minimum absolute atomic E-state index is 0.114. The van der Waals surface area contributed by atoms with E-state index in [0.29, 0.717) is 12.3 Å². The maximum atomic E-state index is 13.0. The summed E-state index contributed by atoms with van der Waals surface area (Å²) in [7, 11) is 0. The van der Waals surface area contributed by atoms with Gasteiger partial charge in [-0.25, -0.2) is 8.78 Å². The van der Waals surface area contributed by atoms with E-state index in [-0.39, 0.29) is 6.10 Å². The van der Waals surface area contributed by atoms with Gasteiger partial charge in [-0.05, 0) is 38.9 Å². The summed E-state index contributed by atoms with van der Waals surface area (Å²) < 4.78 is 36.4. The van der Waals surface area contributed by atoms with Crippen LogP contribution in [0, 0.1) is 11.6 Å². The molecule has 108 valence electrons. The summed E-state index contributed by atoms with van der Waals surface area (Å²) in [6.45, 7) is 6.79. The molecule has 0 saturated heterocycles. The van der Waals surface area contributed by atoms with Gasteiger partial charge in [0.2, 0.25) is 0 Å². The summed E-state index contributed by atoms with van der Waals surface area (Å²) in [5, 5.41) is 3.22. The fraction of sp³-hybridized carbons (Fsp3) is 0.571. The molecule has 19 heavy (non-hydrogen) atoms. The predicted molar refractivity (Wildman–Crippen MR) is 70.4 cm³/mol. The fourth-order valence-electron chi connectivity index (χ4n) is 1.57. The number of ether oxygens (including phenoxy) is 2. The molecular formula is C14H21F2NO2. The first-order valence-corrected chi connectivity index (χ1v) is 6.53. The summed E-state index contributed by atoms with van der Waals surface area (Å²) in [6.07, 6.45) is 0.822. The predicted octanol–water partition coefficient (Wildman–Crippen LogP) is 2.75. The SMILES string of the molecule is CCOCCCNCC(C)Oc1ccc(F)c(F)c1. The van der Waals surface area contributed by atoms with Gasteiger partial charge in [-0.2, -0.15) is 0 Å². The second kappa shape index (κ2) is 8.82. The van der Waals surface area contributed by atoms with Gasteiger partial charge < -0.3 is 14.8 Å². The van der Waals surface area contributed by atoms with Crippen molar-refractivity contribution in [2.75, 3.05) is 26.3 Å². The van der Waals surface area contributed by atoms with Crippen molar-refractivity contribution in [2.45, 2.75) is 26.4 Å². The Morgan fingerprint density at radius 2 is 2.05 bits per heavy atom. The third kappa shape index (κ3) is 6.50. The first-order chi connectivity index (χ1) is 9.13. The first-order valence-electron chi connectivity index (χ1n) is 6.53. The van der Waals surface area contributed by atoms with E-state index in [9.17, 15) is 8.78 Å². The number of nitrogens with one attached hydrogen (secondary N) is 1. The summed E-state index contributed by atoms with van der Waals surface area (Å²) >= 11 is 0. The highest BCUT2D eigenvalue weighted by Crippen LogP contribution is 2.16. The second-order valence-electron chi connectivity index (χ2n) is 4.26. The minimum Gasteiger partial charge on any atom is -0.489 e. The Balaban J connectivity index is 2.19. The number of hydrogen-bond acceptors (Lipinski definition) is 3. The molecule has 1 atom stereocenters. The van der Waals surface area contributed by atoms with Crippen molar-refractivity contribution in [2.24, 2.45) is 0 Å². The number of halogens is 2. The van der Waals surface area contributed by atoms with Crippen molar-refractivity contribution in [1.29, 1.82) is 0 Å². The molecule has 1 unspecified atom stereocenters. The van der Waals surface area contributed by atoms with E-state index in [4.69, 9.17) is 9.47 Å². The van der Waals surface area contributed by atoms with Crippen molar-refractivity contribution < 1.29 is 18.3 Å². The van der Waals surface area contributed by atoms with Crippen molar-refractivity contribution in [3.63, 3.8) is 0 Å². The molecule has 0 saturated carbocycles. The van der Waals surface area contributed by atoms with Gasteiger partial charge in [0, 0.05) is 25.8 Å². The van der Waals surface area contributed by atoms with E-state index in [1.807, 2.05) is 13.8 Å². The molecule has 0 aliphatic carbocycles. The molecule has 1 aromatic carbocycles. The Bertz CT molecular complexity index is 374. The normalized spacial score (nSPS) is 12.4. The average molecular weight is 273 g/mol. The van der Waals surface area contributed by atoms with E-state index >= 15 is 0 Å². The Kier molecular flexibility index (Phi) is 7.36. The van der Waals surface area contributed by atoms with Gasteiger partial charge in [-0.3, -0.25) is 0 Å². The Hall–Kier alpha value is -1.20. The van der Waals surface area contributed by atoms with Crippen molar-refractivity contribution >= 4 is 0 Å². The van der Waals surface area contributed by atoms with Gasteiger partial charge >= 0.3 is 0 Å². The largest absolute Gasteiger partial charge is 0.489 e. The third-order valence-electron chi connectivity index (χ3n) is 2.51. The van der Waals surface area contributed by atoms with Crippen LogP contribution in [0.2, 0.25) is 0 Å². The zero-order valence-corrected chi connectivity index (χ0v) is 11.4. The van der Waals surface area contributed by atoms with E-state index in [1.54, 1.807) is 0 Å². The van der Waals surface area contributed by atoms with Crippen LogP contribution in [0.15, 0.2) is 18.2 Å². The fourth-order valence-corrected chi connectivity index (χ4v) is 1.57. The summed E-state index contributed by atoms with van der Waals surface area (Å²) in [5.74, 6) is -1.43. The Labute approximate surface area is 112 Å². The zero-order valence-electron chi connectivity index (χ0n) is 11.4. The van der Waals surface area contributed by atoms with Crippen LogP contribution in [0.5, 0.6) is 5.75 Å². The molecule has 0 spiro atoms. The highest BCUT2D eigenvalue weighted by molar-refractivity contribution is 5.23. The number of hydrogen-bond donors (Lipinski definition) is 1. The first kappa shape index (κ1) is 15.9. The maximum Gasteiger partial charge on any atom is 0.162 e. The van der Waals surface area contributed by atoms with Crippen molar-refractivity contribution in [3.05, 3.63) is 29.8 Å². The molecular weight excluding hydrogens is 252 g/mol. The van der Waals surface area contributed by atoms with Crippen LogP contribution in [0.1, 0.15) is 20.3 Å². The van der Waals surface area contributed by atoms with Gasteiger partial charge in [-0.15, -0.1) is 0 Å². The van der Waals surface area contributed by atoms with Crippen molar-refractivity contribution in [1.82, 2.24) is 5.32 Å². The molecule has 1 rings (SSSR count). The molecule has 1 aromatic rings. The molecule has 0 aromatic heterocycles. The topological polar surface area (TPSA) is 30.5 Å². The van der Waals surface area contributed by atoms with E-state index in [0.717, 1.165) is 38.3 Å². The van der Waals surface area contributed by atoms with Gasteiger partial charge in [-0.1, -0.05) is 0 Å². The minimum atomic E-state index is -0.894. The molecule has 0 radical (unpaired) electrons. The monoisotopic (exact) mass is 273 g/mol. The summed E-state index contributed by atoms with van der Waals surface area (Å²) in [5.41, 5.74) is 0. The van der Waals surface area contributed by atoms with Gasteiger partial charge in [0.15, 0.2) is 11.6 Å². The molecule has 0 fully saturated rings. The highest BCUT2D eigenvalue weighted by atomic mass is 19.2. The van der Waals surface area contributed by atoms with Crippen LogP contribution in [0.3, 0.4) is 0 Å². The lowest BCUT2D eigenvalue weighted by Gasteiger charge is -2.15. The Morgan fingerprint density at radius 1 is 1.26 bits per heavy atom. The van der Waals surface area contributed by atoms with Gasteiger partial charge in [0.05, 0.1) is 0 Å². The van der Waals surface area contributed by atoms with Crippen LogP contribution in [0.25, 0.3) is 0 Å².